The topological polar surface area (TPSA) is 24.9 Å². The van der Waals surface area contributed by atoms with Crippen molar-refractivity contribution in [2.45, 2.75) is 37.1 Å². The summed E-state index contributed by atoms with van der Waals surface area (Å²) in [6.07, 6.45) is 8.06. The molecule has 4 heteroatoms. The van der Waals surface area contributed by atoms with Crippen LogP contribution in [0, 0.1) is 0 Å². The zero-order chi connectivity index (χ0) is 10.7. The Balaban J connectivity index is 2.04. The number of hydrogen-bond acceptors (Lipinski definition) is 2. The molecule has 0 amide bonds. The molecule has 2 unspecified atom stereocenters. The number of nitrogens with zero attached hydrogens (tertiary/aromatic N) is 1. The Bertz CT molecular complexity index is 330. The summed E-state index contributed by atoms with van der Waals surface area (Å²) >= 11 is 12.3. The fraction of sp³-hybridized carbons (Fsp3) is 0.545. The fourth-order valence-corrected chi connectivity index (χ4v) is 2.46. The molecule has 1 saturated carbocycles. The zero-order valence-electron chi connectivity index (χ0n) is 8.42. The second-order valence-corrected chi connectivity index (χ2v) is 4.87. The van der Waals surface area contributed by atoms with Crippen molar-refractivity contribution in [2.75, 3.05) is 5.32 Å². The van der Waals surface area contributed by atoms with Gasteiger partial charge in [0.05, 0.1) is 16.1 Å². The summed E-state index contributed by atoms with van der Waals surface area (Å²) in [4.78, 5) is 3.95. The Hall–Kier alpha value is -0.470. The summed E-state index contributed by atoms with van der Waals surface area (Å²) in [5, 5.41) is 4.27. The third kappa shape index (κ3) is 2.76. The second kappa shape index (κ2) is 5.04. The first-order valence-electron chi connectivity index (χ1n) is 5.27. The van der Waals surface area contributed by atoms with E-state index in [4.69, 9.17) is 23.2 Å². The molecule has 1 aromatic rings. The maximum atomic E-state index is 6.26. The van der Waals surface area contributed by atoms with Crippen molar-refractivity contribution in [3.63, 3.8) is 0 Å². The highest BCUT2D eigenvalue weighted by atomic mass is 35.5. The second-order valence-electron chi connectivity index (χ2n) is 3.91. The third-order valence-corrected chi connectivity index (χ3v) is 3.62. The standard InChI is InChI=1S/C11H14Cl2N2/c12-8-3-1-2-4-10(8)15-11-5-6-14-7-9(11)13/h5-8,10H,1-4H2,(H,14,15). The number of aromatic nitrogens is 1. The van der Waals surface area contributed by atoms with Crippen molar-refractivity contribution in [3.05, 3.63) is 23.5 Å². The van der Waals surface area contributed by atoms with E-state index < -0.39 is 0 Å². The minimum atomic E-state index is 0.211. The molecule has 2 atom stereocenters. The minimum absolute atomic E-state index is 0.211. The Kier molecular flexibility index (Phi) is 3.71. The van der Waals surface area contributed by atoms with E-state index in [9.17, 15) is 0 Å². The van der Waals surface area contributed by atoms with Gasteiger partial charge in [0.1, 0.15) is 0 Å². The van der Waals surface area contributed by atoms with E-state index in [-0.39, 0.29) is 5.38 Å². The van der Waals surface area contributed by atoms with Crippen LogP contribution in [0.2, 0.25) is 5.02 Å². The van der Waals surface area contributed by atoms with E-state index in [2.05, 4.69) is 10.3 Å². The number of nitrogens with one attached hydrogen (secondary N) is 1. The molecule has 2 nitrogen and oxygen atoms in total. The van der Waals surface area contributed by atoms with Gasteiger partial charge >= 0.3 is 0 Å². The highest BCUT2D eigenvalue weighted by molar-refractivity contribution is 6.33. The number of hydrogen-bond donors (Lipinski definition) is 1. The highest BCUT2D eigenvalue weighted by Crippen LogP contribution is 2.28. The SMILES string of the molecule is Clc1cnccc1NC1CCCCC1Cl. The van der Waals surface area contributed by atoms with Crippen LogP contribution in [0.3, 0.4) is 0 Å². The van der Waals surface area contributed by atoms with Crippen LogP contribution in [-0.4, -0.2) is 16.4 Å². The lowest BCUT2D eigenvalue weighted by Crippen LogP contribution is -2.32. The smallest absolute Gasteiger partial charge is 0.0820 e. The molecule has 1 heterocycles. The van der Waals surface area contributed by atoms with Crippen molar-refractivity contribution >= 4 is 28.9 Å². The number of anilines is 1. The van der Waals surface area contributed by atoms with Crippen LogP contribution < -0.4 is 5.32 Å². The summed E-state index contributed by atoms with van der Waals surface area (Å²) in [6, 6.07) is 2.22. The number of alkyl halides is 1. The Labute approximate surface area is 100.0 Å². The van der Waals surface area contributed by atoms with Crippen molar-refractivity contribution in [1.29, 1.82) is 0 Å². The monoisotopic (exact) mass is 244 g/mol. The lowest BCUT2D eigenvalue weighted by Gasteiger charge is -2.28. The van der Waals surface area contributed by atoms with E-state index >= 15 is 0 Å². The fourth-order valence-electron chi connectivity index (χ4n) is 1.94. The zero-order valence-corrected chi connectivity index (χ0v) is 9.93. The summed E-state index contributed by atoms with van der Waals surface area (Å²) in [6.45, 7) is 0. The number of halogens is 2. The molecule has 15 heavy (non-hydrogen) atoms. The third-order valence-electron chi connectivity index (χ3n) is 2.79. The van der Waals surface area contributed by atoms with Gasteiger partial charge in [0.2, 0.25) is 0 Å². The van der Waals surface area contributed by atoms with Crippen LogP contribution in [-0.2, 0) is 0 Å². The van der Waals surface area contributed by atoms with Crippen LogP contribution in [0.4, 0.5) is 5.69 Å². The quantitative estimate of drug-likeness (QED) is 0.803. The average Bonchev–Trinajstić information content (AvgIpc) is 2.24. The number of rotatable bonds is 2. The van der Waals surface area contributed by atoms with Crippen LogP contribution in [0.25, 0.3) is 0 Å². The first kappa shape index (κ1) is 11.0. The molecule has 82 valence electrons. The molecule has 0 radical (unpaired) electrons. The van der Waals surface area contributed by atoms with Gasteiger partial charge in [-0.15, -0.1) is 11.6 Å². The van der Waals surface area contributed by atoms with Gasteiger partial charge in [-0.1, -0.05) is 24.4 Å². The average molecular weight is 245 g/mol. The molecule has 1 N–H and O–H groups in total. The largest absolute Gasteiger partial charge is 0.380 e. The Morgan fingerprint density at radius 1 is 1.33 bits per heavy atom. The first-order chi connectivity index (χ1) is 7.27. The van der Waals surface area contributed by atoms with Crippen molar-refractivity contribution in [3.8, 4) is 0 Å². The van der Waals surface area contributed by atoms with Crippen molar-refractivity contribution in [2.24, 2.45) is 0 Å². The normalized spacial score (nSPS) is 26.3. The molecule has 0 aliphatic heterocycles. The van der Waals surface area contributed by atoms with E-state index in [1.807, 2.05) is 6.07 Å². The molecule has 0 bridgehead atoms. The molecule has 0 saturated heterocycles. The van der Waals surface area contributed by atoms with Crippen LogP contribution in [0.1, 0.15) is 25.7 Å². The molecule has 1 aliphatic rings. The highest BCUT2D eigenvalue weighted by Gasteiger charge is 2.23. The van der Waals surface area contributed by atoms with Gasteiger partial charge in [-0.2, -0.15) is 0 Å². The van der Waals surface area contributed by atoms with E-state index in [1.165, 1.54) is 12.8 Å². The molecule has 0 spiro atoms. The summed E-state index contributed by atoms with van der Waals surface area (Å²) in [5.41, 5.74) is 0.934. The molecule has 2 rings (SSSR count). The molecule has 1 aliphatic carbocycles. The summed E-state index contributed by atoms with van der Waals surface area (Å²) < 4.78 is 0. The lowest BCUT2D eigenvalue weighted by atomic mass is 9.95. The number of pyridine rings is 1. The predicted octanol–water partition coefficient (Wildman–Crippen LogP) is 3.70. The molecule has 1 fully saturated rings. The maximum Gasteiger partial charge on any atom is 0.0820 e. The maximum absolute atomic E-state index is 6.26. The lowest BCUT2D eigenvalue weighted by molar-refractivity contribution is 0.469. The van der Waals surface area contributed by atoms with Gasteiger partial charge in [-0.05, 0) is 18.9 Å². The van der Waals surface area contributed by atoms with Gasteiger partial charge in [-0.3, -0.25) is 4.98 Å². The molecule has 0 aromatic carbocycles. The van der Waals surface area contributed by atoms with Crippen LogP contribution in [0.15, 0.2) is 18.5 Å². The molecular formula is C11H14Cl2N2. The van der Waals surface area contributed by atoms with E-state index in [0.29, 0.717) is 11.1 Å². The predicted molar refractivity (Wildman–Crippen MR) is 64.8 cm³/mol. The van der Waals surface area contributed by atoms with Gasteiger partial charge in [0, 0.05) is 18.4 Å². The van der Waals surface area contributed by atoms with Crippen LogP contribution >= 0.6 is 23.2 Å². The Morgan fingerprint density at radius 3 is 2.87 bits per heavy atom. The van der Waals surface area contributed by atoms with E-state index in [1.54, 1.807) is 12.4 Å². The van der Waals surface area contributed by atoms with E-state index in [0.717, 1.165) is 18.5 Å². The molecule has 1 aromatic heterocycles. The van der Waals surface area contributed by atoms with Crippen LogP contribution in [0.5, 0.6) is 0 Å². The van der Waals surface area contributed by atoms with Gasteiger partial charge < -0.3 is 5.32 Å². The van der Waals surface area contributed by atoms with Gasteiger partial charge in [0.15, 0.2) is 0 Å². The van der Waals surface area contributed by atoms with Gasteiger partial charge in [0.25, 0.3) is 0 Å². The van der Waals surface area contributed by atoms with Gasteiger partial charge in [-0.25, -0.2) is 0 Å². The Morgan fingerprint density at radius 2 is 2.13 bits per heavy atom. The van der Waals surface area contributed by atoms with Crippen molar-refractivity contribution < 1.29 is 0 Å². The summed E-state index contributed by atoms with van der Waals surface area (Å²) in [7, 11) is 0. The molecular weight excluding hydrogens is 231 g/mol. The minimum Gasteiger partial charge on any atom is -0.380 e. The first-order valence-corrected chi connectivity index (χ1v) is 6.09. The summed E-state index contributed by atoms with van der Waals surface area (Å²) in [5.74, 6) is 0. The van der Waals surface area contributed by atoms with Crippen molar-refractivity contribution in [1.82, 2.24) is 4.98 Å².